The Morgan fingerprint density at radius 2 is 2.50 bits per heavy atom. The first-order valence-corrected chi connectivity index (χ1v) is 6.69. The monoisotopic (exact) mass is 290 g/mol. The van der Waals surface area contributed by atoms with Gasteiger partial charge in [0.15, 0.2) is 5.13 Å². The Hall–Kier alpha value is -0.690. The van der Waals surface area contributed by atoms with Crippen LogP contribution in [0.25, 0.3) is 0 Å². The molecular weight excluding hydrogens is 272 g/mol. The SMILES string of the molecule is CC(=O)Nc1nc(CN2CCN[C@H](C)C2)cs1.Cl. The molecule has 0 radical (unpaired) electrons. The van der Waals surface area contributed by atoms with E-state index in [4.69, 9.17) is 0 Å². The number of amides is 1. The van der Waals surface area contributed by atoms with Crippen LogP contribution in [-0.4, -0.2) is 41.5 Å². The minimum absolute atomic E-state index is 0. The van der Waals surface area contributed by atoms with E-state index in [-0.39, 0.29) is 18.3 Å². The Kier molecular flexibility index (Phi) is 6.01. The minimum Gasteiger partial charge on any atom is -0.312 e. The molecule has 18 heavy (non-hydrogen) atoms. The van der Waals surface area contributed by atoms with E-state index in [1.807, 2.05) is 5.38 Å². The van der Waals surface area contributed by atoms with E-state index < -0.39 is 0 Å². The van der Waals surface area contributed by atoms with Gasteiger partial charge in [0.1, 0.15) is 0 Å². The number of carbonyl (C=O) groups excluding carboxylic acids is 1. The van der Waals surface area contributed by atoms with Crippen molar-refractivity contribution < 1.29 is 4.79 Å². The first-order chi connectivity index (χ1) is 8.13. The van der Waals surface area contributed by atoms with Gasteiger partial charge in [0.25, 0.3) is 0 Å². The third-order valence-corrected chi connectivity index (χ3v) is 3.48. The number of halogens is 1. The fraction of sp³-hybridized carbons (Fsp3) is 0.636. The van der Waals surface area contributed by atoms with E-state index in [0.29, 0.717) is 11.2 Å². The van der Waals surface area contributed by atoms with Gasteiger partial charge < -0.3 is 10.6 Å². The molecule has 0 aromatic carbocycles. The lowest BCUT2D eigenvalue weighted by molar-refractivity contribution is -0.114. The standard InChI is InChI=1S/C11H18N4OS.ClH/c1-8-5-15(4-3-12-8)6-10-7-17-11(14-10)13-9(2)16;/h7-8,12H,3-6H2,1-2H3,(H,13,14,16);1H/t8-;/m1./s1. The molecule has 1 aromatic heterocycles. The molecule has 0 unspecified atom stereocenters. The van der Waals surface area contributed by atoms with Gasteiger partial charge in [-0.3, -0.25) is 9.69 Å². The van der Waals surface area contributed by atoms with Gasteiger partial charge in [0.05, 0.1) is 5.69 Å². The maximum absolute atomic E-state index is 10.9. The molecule has 2 rings (SSSR count). The largest absolute Gasteiger partial charge is 0.312 e. The van der Waals surface area contributed by atoms with Crippen molar-refractivity contribution in [3.05, 3.63) is 11.1 Å². The molecule has 7 heteroatoms. The number of anilines is 1. The van der Waals surface area contributed by atoms with Crippen LogP contribution in [0.1, 0.15) is 19.5 Å². The Morgan fingerprint density at radius 1 is 1.72 bits per heavy atom. The summed E-state index contributed by atoms with van der Waals surface area (Å²) < 4.78 is 0. The molecule has 1 fully saturated rings. The third kappa shape index (κ3) is 4.53. The average molecular weight is 291 g/mol. The van der Waals surface area contributed by atoms with Crippen molar-refractivity contribution in [2.24, 2.45) is 0 Å². The van der Waals surface area contributed by atoms with Crippen LogP contribution in [0.2, 0.25) is 0 Å². The van der Waals surface area contributed by atoms with Gasteiger partial charge in [-0.2, -0.15) is 0 Å². The summed E-state index contributed by atoms with van der Waals surface area (Å²) in [6.07, 6.45) is 0. The molecule has 1 amide bonds. The fourth-order valence-corrected chi connectivity index (χ4v) is 2.72. The van der Waals surface area contributed by atoms with E-state index in [9.17, 15) is 4.79 Å². The topological polar surface area (TPSA) is 57.3 Å². The molecule has 0 spiro atoms. The van der Waals surface area contributed by atoms with Crippen molar-refractivity contribution in [2.45, 2.75) is 26.4 Å². The quantitative estimate of drug-likeness (QED) is 0.881. The zero-order valence-electron chi connectivity index (χ0n) is 10.6. The predicted molar refractivity (Wildman–Crippen MR) is 76.4 cm³/mol. The highest BCUT2D eigenvalue weighted by Crippen LogP contribution is 2.17. The second kappa shape index (κ2) is 7.04. The molecule has 0 saturated carbocycles. The maximum atomic E-state index is 10.9. The number of carbonyl (C=O) groups is 1. The van der Waals surface area contributed by atoms with E-state index >= 15 is 0 Å². The number of hydrogen-bond acceptors (Lipinski definition) is 5. The smallest absolute Gasteiger partial charge is 0.223 e. The normalized spacial score (nSPS) is 20.2. The van der Waals surface area contributed by atoms with Crippen LogP contribution in [0.15, 0.2) is 5.38 Å². The van der Waals surface area contributed by atoms with Crippen molar-refractivity contribution in [2.75, 3.05) is 25.0 Å². The lowest BCUT2D eigenvalue weighted by Crippen LogP contribution is -2.48. The van der Waals surface area contributed by atoms with Crippen LogP contribution in [0.3, 0.4) is 0 Å². The summed E-state index contributed by atoms with van der Waals surface area (Å²) in [6, 6.07) is 0.539. The number of nitrogens with zero attached hydrogens (tertiary/aromatic N) is 2. The summed E-state index contributed by atoms with van der Waals surface area (Å²) in [5.74, 6) is -0.0679. The highest BCUT2D eigenvalue weighted by Gasteiger charge is 2.16. The van der Waals surface area contributed by atoms with E-state index in [2.05, 4.69) is 27.4 Å². The lowest BCUT2D eigenvalue weighted by Gasteiger charge is -2.31. The minimum atomic E-state index is -0.0679. The van der Waals surface area contributed by atoms with E-state index in [0.717, 1.165) is 31.9 Å². The fourth-order valence-electron chi connectivity index (χ4n) is 1.97. The van der Waals surface area contributed by atoms with Crippen molar-refractivity contribution in [3.63, 3.8) is 0 Å². The van der Waals surface area contributed by atoms with Crippen LogP contribution < -0.4 is 10.6 Å². The maximum Gasteiger partial charge on any atom is 0.223 e. The molecule has 1 atom stereocenters. The van der Waals surface area contributed by atoms with Gasteiger partial charge in [-0.05, 0) is 6.92 Å². The predicted octanol–water partition coefficient (Wildman–Crippen LogP) is 1.32. The van der Waals surface area contributed by atoms with Crippen molar-refractivity contribution in [1.82, 2.24) is 15.2 Å². The highest BCUT2D eigenvalue weighted by molar-refractivity contribution is 7.13. The van der Waals surface area contributed by atoms with Gasteiger partial charge in [0, 0.05) is 44.5 Å². The summed E-state index contributed by atoms with van der Waals surface area (Å²) in [6.45, 7) is 7.69. The molecule has 1 aliphatic heterocycles. The molecule has 2 heterocycles. The van der Waals surface area contributed by atoms with Gasteiger partial charge in [0.2, 0.25) is 5.91 Å². The van der Waals surface area contributed by atoms with E-state index in [1.165, 1.54) is 18.3 Å². The van der Waals surface area contributed by atoms with Crippen LogP contribution in [0.4, 0.5) is 5.13 Å². The molecule has 1 aromatic rings. The summed E-state index contributed by atoms with van der Waals surface area (Å²) >= 11 is 1.48. The Morgan fingerprint density at radius 3 is 3.17 bits per heavy atom. The lowest BCUT2D eigenvalue weighted by atomic mass is 10.2. The summed E-state index contributed by atoms with van der Waals surface area (Å²) in [4.78, 5) is 17.7. The highest BCUT2D eigenvalue weighted by atomic mass is 35.5. The first-order valence-electron chi connectivity index (χ1n) is 5.81. The van der Waals surface area contributed by atoms with Gasteiger partial charge >= 0.3 is 0 Å². The van der Waals surface area contributed by atoms with Crippen molar-refractivity contribution >= 4 is 34.8 Å². The number of rotatable bonds is 3. The molecular formula is C11H19ClN4OS. The Labute approximate surface area is 117 Å². The summed E-state index contributed by atoms with van der Waals surface area (Å²) in [7, 11) is 0. The third-order valence-electron chi connectivity index (χ3n) is 2.67. The molecule has 2 N–H and O–H groups in total. The van der Waals surface area contributed by atoms with Crippen LogP contribution in [0.5, 0.6) is 0 Å². The first kappa shape index (κ1) is 15.4. The number of aromatic nitrogens is 1. The average Bonchev–Trinajstić information content (AvgIpc) is 2.64. The zero-order valence-corrected chi connectivity index (χ0v) is 12.2. The number of hydrogen-bond donors (Lipinski definition) is 2. The Bertz CT molecular complexity index is 398. The van der Waals surface area contributed by atoms with Crippen LogP contribution in [-0.2, 0) is 11.3 Å². The summed E-state index contributed by atoms with van der Waals surface area (Å²) in [5, 5.41) is 8.82. The molecule has 1 saturated heterocycles. The molecule has 0 bridgehead atoms. The second-order valence-electron chi connectivity index (χ2n) is 4.42. The van der Waals surface area contributed by atoms with Gasteiger partial charge in [-0.25, -0.2) is 4.98 Å². The second-order valence-corrected chi connectivity index (χ2v) is 5.27. The van der Waals surface area contributed by atoms with Gasteiger partial charge in [-0.1, -0.05) is 0 Å². The number of thiazole rings is 1. The van der Waals surface area contributed by atoms with Crippen LogP contribution >= 0.6 is 23.7 Å². The van der Waals surface area contributed by atoms with Crippen molar-refractivity contribution in [3.8, 4) is 0 Å². The van der Waals surface area contributed by atoms with Crippen molar-refractivity contribution in [1.29, 1.82) is 0 Å². The number of piperazine rings is 1. The zero-order chi connectivity index (χ0) is 12.3. The molecule has 5 nitrogen and oxygen atoms in total. The number of nitrogens with one attached hydrogen (secondary N) is 2. The van der Waals surface area contributed by atoms with E-state index in [1.54, 1.807) is 0 Å². The molecule has 1 aliphatic rings. The summed E-state index contributed by atoms with van der Waals surface area (Å²) in [5.41, 5.74) is 1.04. The molecule has 102 valence electrons. The molecule has 0 aliphatic carbocycles. The van der Waals surface area contributed by atoms with Gasteiger partial charge in [-0.15, -0.1) is 23.7 Å². The van der Waals surface area contributed by atoms with Crippen LogP contribution in [0, 0.1) is 0 Å². The Balaban J connectivity index is 0.00000162.